The Balaban J connectivity index is 2.08. The number of likely N-dealkylation sites (N-methyl/N-ethyl adjacent to an activating group) is 1. The molecular weight excluding hydrogens is 252 g/mol. The molecule has 3 N–H and O–H groups in total. The number of carbonyl (C=O) groups excluding carboxylic acids is 1. The summed E-state index contributed by atoms with van der Waals surface area (Å²) in [5.74, 6) is 5.79. The molecular formula is C15H24N4O. The van der Waals surface area contributed by atoms with Crippen LogP contribution in [0.25, 0.3) is 0 Å². The SMILES string of the molecule is CN1CCC(CN(C)C(C(=O)NN)c2ccccc2)C1. The summed E-state index contributed by atoms with van der Waals surface area (Å²) >= 11 is 0. The minimum absolute atomic E-state index is 0.162. The monoisotopic (exact) mass is 276 g/mol. The number of benzene rings is 1. The van der Waals surface area contributed by atoms with Crippen LogP contribution in [0.1, 0.15) is 18.0 Å². The maximum absolute atomic E-state index is 12.1. The van der Waals surface area contributed by atoms with E-state index in [4.69, 9.17) is 5.84 Å². The smallest absolute Gasteiger partial charge is 0.255 e. The quantitative estimate of drug-likeness (QED) is 0.470. The number of hydrogen-bond acceptors (Lipinski definition) is 4. The zero-order chi connectivity index (χ0) is 14.5. The van der Waals surface area contributed by atoms with Gasteiger partial charge in [-0.2, -0.15) is 0 Å². The lowest BCUT2D eigenvalue weighted by Gasteiger charge is -2.29. The van der Waals surface area contributed by atoms with Crippen LogP contribution >= 0.6 is 0 Å². The van der Waals surface area contributed by atoms with Crippen LogP contribution in [0.3, 0.4) is 0 Å². The van der Waals surface area contributed by atoms with Crippen molar-refractivity contribution in [2.24, 2.45) is 11.8 Å². The third-order valence-electron chi connectivity index (χ3n) is 3.98. The molecule has 0 aliphatic carbocycles. The van der Waals surface area contributed by atoms with Gasteiger partial charge in [0.1, 0.15) is 6.04 Å². The van der Waals surface area contributed by atoms with Gasteiger partial charge in [-0.05, 0) is 38.5 Å². The molecule has 1 heterocycles. The Labute approximate surface area is 120 Å². The van der Waals surface area contributed by atoms with E-state index in [-0.39, 0.29) is 11.9 Å². The number of likely N-dealkylation sites (tertiary alicyclic amines) is 1. The van der Waals surface area contributed by atoms with Crippen LogP contribution in [-0.2, 0) is 4.79 Å². The first kappa shape index (κ1) is 15.0. The highest BCUT2D eigenvalue weighted by molar-refractivity contribution is 5.82. The van der Waals surface area contributed by atoms with Crippen LogP contribution in [0, 0.1) is 5.92 Å². The highest BCUT2D eigenvalue weighted by Gasteiger charge is 2.28. The van der Waals surface area contributed by atoms with Gasteiger partial charge < -0.3 is 4.90 Å². The van der Waals surface area contributed by atoms with E-state index in [9.17, 15) is 4.79 Å². The average Bonchev–Trinajstić information content (AvgIpc) is 2.85. The Morgan fingerprint density at radius 1 is 1.50 bits per heavy atom. The van der Waals surface area contributed by atoms with Gasteiger partial charge in [-0.1, -0.05) is 30.3 Å². The number of carbonyl (C=O) groups is 1. The van der Waals surface area contributed by atoms with E-state index in [1.807, 2.05) is 37.4 Å². The first-order valence-electron chi connectivity index (χ1n) is 7.06. The number of amides is 1. The molecule has 5 heteroatoms. The fourth-order valence-electron chi connectivity index (χ4n) is 3.01. The van der Waals surface area contributed by atoms with Gasteiger partial charge in [0.15, 0.2) is 0 Å². The molecule has 20 heavy (non-hydrogen) atoms. The lowest BCUT2D eigenvalue weighted by Crippen LogP contribution is -2.43. The van der Waals surface area contributed by atoms with Crippen molar-refractivity contribution in [2.75, 3.05) is 33.7 Å². The van der Waals surface area contributed by atoms with E-state index in [1.54, 1.807) is 0 Å². The molecule has 1 aromatic carbocycles. The maximum Gasteiger partial charge on any atom is 0.255 e. The Hall–Kier alpha value is -1.43. The molecule has 0 spiro atoms. The van der Waals surface area contributed by atoms with E-state index in [2.05, 4.69) is 22.3 Å². The van der Waals surface area contributed by atoms with E-state index in [0.29, 0.717) is 5.92 Å². The molecule has 1 aliphatic heterocycles. The minimum Gasteiger partial charge on any atom is -0.306 e. The van der Waals surface area contributed by atoms with Gasteiger partial charge in [0, 0.05) is 13.1 Å². The van der Waals surface area contributed by atoms with E-state index in [1.165, 1.54) is 6.42 Å². The predicted molar refractivity (Wildman–Crippen MR) is 79.7 cm³/mol. The fourth-order valence-corrected chi connectivity index (χ4v) is 3.01. The minimum atomic E-state index is -0.327. The van der Waals surface area contributed by atoms with Crippen LogP contribution in [-0.4, -0.2) is 49.4 Å². The van der Waals surface area contributed by atoms with Gasteiger partial charge in [0.25, 0.3) is 5.91 Å². The summed E-state index contributed by atoms with van der Waals surface area (Å²) in [5.41, 5.74) is 3.26. The maximum atomic E-state index is 12.1. The first-order valence-corrected chi connectivity index (χ1v) is 7.06. The first-order chi connectivity index (χ1) is 9.61. The molecule has 5 nitrogen and oxygen atoms in total. The standard InChI is InChI=1S/C15H24N4O/c1-18-9-8-12(10-18)11-19(2)14(15(20)17-16)13-6-4-3-5-7-13/h3-7,12,14H,8-11,16H2,1-2H3,(H,17,20). The predicted octanol–water partition coefficient (Wildman–Crippen LogP) is 0.601. The number of hydrogen-bond donors (Lipinski definition) is 2. The van der Waals surface area contributed by atoms with E-state index < -0.39 is 0 Å². The van der Waals surface area contributed by atoms with E-state index in [0.717, 1.165) is 25.2 Å². The molecule has 0 saturated carbocycles. The number of rotatable bonds is 5. The van der Waals surface area contributed by atoms with Crippen molar-refractivity contribution in [3.63, 3.8) is 0 Å². The van der Waals surface area contributed by atoms with Gasteiger partial charge in [0.05, 0.1) is 0 Å². The summed E-state index contributed by atoms with van der Waals surface area (Å²) in [6.45, 7) is 3.13. The Morgan fingerprint density at radius 3 is 2.75 bits per heavy atom. The topological polar surface area (TPSA) is 61.6 Å². The van der Waals surface area contributed by atoms with Crippen molar-refractivity contribution >= 4 is 5.91 Å². The molecule has 0 aromatic heterocycles. The van der Waals surface area contributed by atoms with Gasteiger partial charge >= 0.3 is 0 Å². The average molecular weight is 276 g/mol. The van der Waals surface area contributed by atoms with Crippen molar-refractivity contribution in [1.82, 2.24) is 15.2 Å². The zero-order valence-electron chi connectivity index (χ0n) is 12.2. The van der Waals surface area contributed by atoms with Gasteiger partial charge in [0.2, 0.25) is 0 Å². The van der Waals surface area contributed by atoms with Gasteiger partial charge in [-0.3, -0.25) is 15.1 Å². The van der Waals surface area contributed by atoms with Gasteiger partial charge in [-0.25, -0.2) is 5.84 Å². The van der Waals surface area contributed by atoms with Crippen LogP contribution in [0.2, 0.25) is 0 Å². The number of nitrogens with two attached hydrogens (primary N) is 1. The summed E-state index contributed by atoms with van der Waals surface area (Å²) in [6.07, 6.45) is 1.19. The van der Waals surface area contributed by atoms with Crippen molar-refractivity contribution < 1.29 is 4.79 Å². The van der Waals surface area contributed by atoms with Gasteiger partial charge in [-0.15, -0.1) is 0 Å². The second-order valence-corrected chi connectivity index (χ2v) is 5.68. The summed E-state index contributed by atoms with van der Waals surface area (Å²) in [6, 6.07) is 9.46. The second-order valence-electron chi connectivity index (χ2n) is 5.68. The molecule has 1 aromatic rings. The number of nitrogens with zero attached hydrogens (tertiary/aromatic N) is 2. The summed E-state index contributed by atoms with van der Waals surface area (Å²) in [5, 5.41) is 0. The molecule has 1 aliphatic rings. The summed E-state index contributed by atoms with van der Waals surface area (Å²) in [4.78, 5) is 16.5. The van der Waals surface area contributed by atoms with Crippen molar-refractivity contribution in [2.45, 2.75) is 12.5 Å². The molecule has 2 atom stereocenters. The van der Waals surface area contributed by atoms with Crippen LogP contribution < -0.4 is 11.3 Å². The summed E-state index contributed by atoms with van der Waals surface area (Å²) in [7, 11) is 4.13. The Bertz CT molecular complexity index is 437. The molecule has 1 amide bonds. The highest BCUT2D eigenvalue weighted by atomic mass is 16.2. The second kappa shape index (κ2) is 6.83. The van der Waals surface area contributed by atoms with Crippen molar-refractivity contribution in [3.8, 4) is 0 Å². The van der Waals surface area contributed by atoms with Crippen LogP contribution in [0.5, 0.6) is 0 Å². The van der Waals surface area contributed by atoms with E-state index >= 15 is 0 Å². The third kappa shape index (κ3) is 3.56. The number of nitrogens with one attached hydrogen (secondary N) is 1. The summed E-state index contributed by atoms with van der Waals surface area (Å²) < 4.78 is 0. The lowest BCUT2D eigenvalue weighted by molar-refractivity contribution is -0.126. The van der Waals surface area contributed by atoms with Crippen LogP contribution in [0.15, 0.2) is 30.3 Å². The lowest BCUT2D eigenvalue weighted by atomic mass is 10.0. The highest BCUT2D eigenvalue weighted by Crippen LogP contribution is 2.23. The largest absolute Gasteiger partial charge is 0.306 e. The molecule has 0 radical (unpaired) electrons. The molecule has 110 valence electrons. The Morgan fingerprint density at radius 2 is 2.20 bits per heavy atom. The normalized spacial score (nSPS) is 21.1. The third-order valence-corrected chi connectivity index (χ3v) is 3.98. The zero-order valence-corrected chi connectivity index (χ0v) is 12.2. The molecule has 2 rings (SSSR count). The van der Waals surface area contributed by atoms with Crippen molar-refractivity contribution in [3.05, 3.63) is 35.9 Å². The van der Waals surface area contributed by atoms with Crippen molar-refractivity contribution in [1.29, 1.82) is 0 Å². The molecule has 2 unspecified atom stereocenters. The number of hydrazine groups is 1. The molecule has 1 fully saturated rings. The Kier molecular flexibility index (Phi) is 5.11. The molecule has 0 bridgehead atoms. The van der Waals surface area contributed by atoms with Crippen LogP contribution in [0.4, 0.5) is 0 Å². The fraction of sp³-hybridized carbons (Fsp3) is 0.533. The molecule has 1 saturated heterocycles.